The summed E-state index contributed by atoms with van der Waals surface area (Å²) in [6.07, 6.45) is 0.874. The van der Waals surface area contributed by atoms with Crippen LogP contribution in [0.5, 0.6) is 0 Å². The highest BCUT2D eigenvalue weighted by Gasteiger charge is 2.32. The first-order chi connectivity index (χ1) is 8.84. The van der Waals surface area contributed by atoms with Crippen LogP contribution in [0.4, 0.5) is 5.69 Å². The van der Waals surface area contributed by atoms with Gasteiger partial charge in [0, 0.05) is 24.5 Å². The van der Waals surface area contributed by atoms with Gasteiger partial charge in [0.15, 0.2) is 0 Å². The molecule has 0 aromatic heterocycles. The molecule has 7 heteroatoms. The lowest BCUT2D eigenvalue weighted by Gasteiger charge is -2.24. The fourth-order valence-corrected chi connectivity index (χ4v) is 5.36. The summed E-state index contributed by atoms with van der Waals surface area (Å²) in [5.41, 5.74) is 7.02. The lowest BCUT2D eigenvalue weighted by molar-refractivity contribution is 0.394. The van der Waals surface area contributed by atoms with E-state index in [1.807, 2.05) is 0 Å². The first-order valence-electron chi connectivity index (χ1n) is 5.95. The third kappa shape index (κ3) is 2.86. The zero-order chi connectivity index (χ0) is 14.2. The van der Waals surface area contributed by atoms with E-state index in [1.165, 1.54) is 10.4 Å². The van der Waals surface area contributed by atoms with Crippen molar-refractivity contribution in [3.8, 4) is 0 Å². The number of hydrogen-bond donors (Lipinski definition) is 1. The van der Waals surface area contributed by atoms with E-state index in [1.54, 1.807) is 31.8 Å². The number of benzene rings is 1. The van der Waals surface area contributed by atoms with Crippen LogP contribution >= 0.6 is 23.4 Å². The van der Waals surface area contributed by atoms with Gasteiger partial charge in [0.05, 0.1) is 5.02 Å². The van der Waals surface area contributed by atoms with E-state index >= 15 is 0 Å². The predicted molar refractivity (Wildman–Crippen MR) is 81.3 cm³/mol. The Morgan fingerprint density at radius 3 is 2.74 bits per heavy atom. The molecule has 1 aromatic rings. The molecule has 1 heterocycles. The number of nitrogen functional groups attached to an aromatic ring is 1. The van der Waals surface area contributed by atoms with E-state index in [-0.39, 0.29) is 16.0 Å². The third-order valence-electron chi connectivity index (χ3n) is 3.40. The molecule has 0 saturated carbocycles. The van der Waals surface area contributed by atoms with E-state index < -0.39 is 10.0 Å². The Balaban J connectivity index is 2.41. The van der Waals surface area contributed by atoms with Gasteiger partial charge in [-0.3, -0.25) is 0 Å². The fourth-order valence-electron chi connectivity index (χ4n) is 2.03. The van der Waals surface area contributed by atoms with E-state index in [0.29, 0.717) is 5.69 Å². The lowest BCUT2D eigenvalue weighted by Crippen LogP contribution is -2.37. The average molecular weight is 321 g/mol. The van der Waals surface area contributed by atoms with Gasteiger partial charge in [0.25, 0.3) is 0 Å². The topological polar surface area (TPSA) is 63.4 Å². The van der Waals surface area contributed by atoms with Crippen molar-refractivity contribution in [3.05, 3.63) is 22.7 Å². The number of nitrogens with two attached hydrogens (primary N) is 1. The maximum absolute atomic E-state index is 12.6. The molecule has 2 N–H and O–H groups in total. The van der Waals surface area contributed by atoms with Crippen LogP contribution in [0.1, 0.15) is 12.0 Å². The molecule has 1 aliphatic heterocycles. The van der Waals surface area contributed by atoms with Gasteiger partial charge >= 0.3 is 0 Å². The number of nitrogens with zero attached hydrogens (tertiary/aromatic N) is 1. The molecule has 1 fully saturated rings. The molecule has 0 radical (unpaired) electrons. The summed E-state index contributed by atoms with van der Waals surface area (Å²) in [7, 11) is -1.97. The van der Waals surface area contributed by atoms with Gasteiger partial charge in [0.2, 0.25) is 10.0 Å². The van der Waals surface area contributed by atoms with Crippen LogP contribution in [-0.2, 0) is 10.0 Å². The van der Waals surface area contributed by atoms with Crippen LogP contribution in [0.15, 0.2) is 17.0 Å². The monoisotopic (exact) mass is 320 g/mol. The van der Waals surface area contributed by atoms with Crippen molar-refractivity contribution >= 4 is 39.1 Å². The molecular formula is C12H17ClN2O2S2. The van der Waals surface area contributed by atoms with Gasteiger partial charge in [-0.25, -0.2) is 8.42 Å². The second kappa shape index (κ2) is 5.52. The average Bonchev–Trinajstić information content (AvgIpc) is 2.86. The molecule has 4 nitrogen and oxygen atoms in total. The van der Waals surface area contributed by atoms with Crippen molar-refractivity contribution in [1.82, 2.24) is 4.31 Å². The zero-order valence-corrected chi connectivity index (χ0v) is 13.3. The summed E-state index contributed by atoms with van der Waals surface area (Å²) in [6, 6.07) is 3.08. The molecule has 0 aliphatic carbocycles. The van der Waals surface area contributed by atoms with E-state index in [2.05, 4.69) is 0 Å². The highest BCUT2D eigenvalue weighted by atomic mass is 35.5. The molecule has 1 aromatic carbocycles. The molecule has 1 saturated heterocycles. The quantitative estimate of drug-likeness (QED) is 0.868. The summed E-state index contributed by atoms with van der Waals surface area (Å²) < 4.78 is 26.6. The lowest BCUT2D eigenvalue weighted by atomic mass is 10.2. The van der Waals surface area contributed by atoms with E-state index in [9.17, 15) is 8.42 Å². The largest absolute Gasteiger partial charge is 0.398 e. The van der Waals surface area contributed by atoms with Crippen LogP contribution in [-0.4, -0.2) is 37.3 Å². The molecular weight excluding hydrogens is 304 g/mol. The fraction of sp³-hybridized carbons (Fsp3) is 0.500. The van der Waals surface area contributed by atoms with Gasteiger partial charge in [-0.15, -0.1) is 0 Å². The predicted octanol–water partition coefficient (Wildman–Crippen LogP) is 2.36. The van der Waals surface area contributed by atoms with Gasteiger partial charge in [0.1, 0.15) is 4.90 Å². The highest BCUT2D eigenvalue weighted by Crippen LogP contribution is 2.31. The van der Waals surface area contributed by atoms with Crippen LogP contribution < -0.4 is 5.73 Å². The smallest absolute Gasteiger partial charge is 0.244 e. The number of hydrogen-bond acceptors (Lipinski definition) is 4. The summed E-state index contributed by atoms with van der Waals surface area (Å²) >= 11 is 7.84. The molecule has 2 rings (SSSR count). The minimum absolute atomic E-state index is 0.0357. The number of sulfonamides is 1. The van der Waals surface area contributed by atoms with Gasteiger partial charge in [-0.2, -0.15) is 16.1 Å². The standard InChI is InChI=1S/C12H17ClN2O2S2/c1-8-5-10(13)12(6-11(8)14)19(16,17)15(2)9-3-4-18-7-9/h5-6,9H,3-4,7,14H2,1-2H3. The molecule has 0 bridgehead atoms. The Kier molecular flexibility index (Phi) is 4.35. The Hall–Kier alpha value is -0.430. The van der Waals surface area contributed by atoms with Crippen molar-refractivity contribution < 1.29 is 8.42 Å². The van der Waals surface area contributed by atoms with Crippen LogP contribution in [0.3, 0.4) is 0 Å². The maximum atomic E-state index is 12.6. The number of halogens is 1. The molecule has 106 valence electrons. The second-order valence-electron chi connectivity index (χ2n) is 4.68. The molecule has 19 heavy (non-hydrogen) atoms. The maximum Gasteiger partial charge on any atom is 0.244 e. The van der Waals surface area contributed by atoms with E-state index in [4.69, 9.17) is 17.3 Å². The van der Waals surface area contributed by atoms with Crippen molar-refractivity contribution in [2.75, 3.05) is 24.3 Å². The molecule has 0 spiro atoms. The SMILES string of the molecule is Cc1cc(Cl)c(S(=O)(=O)N(C)C2CCSC2)cc1N. The summed E-state index contributed by atoms with van der Waals surface area (Å²) in [6.45, 7) is 1.80. The van der Waals surface area contributed by atoms with Crippen LogP contribution in [0.25, 0.3) is 0 Å². The molecule has 0 amide bonds. The zero-order valence-electron chi connectivity index (χ0n) is 10.9. The van der Waals surface area contributed by atoms with Gasteiger partial charge in [-0.1, -0.05) is 11.6 Å². The number of rotatable bonds is 3. The second-order valence-corrected chi connectivity index (χ2v) is 8.20. The normalized spacial score (nSPS) is 20.1. The number of anilines is 1. The summed E-state index contributed by atoms with van der Waals surface area (Å²) in [5, 5.41) is 0.226. The Morgan fingerprint density at radius 2 is 2.16 bits per heavy atom. The Bertz CT molecular complexity index is 584. The molecule has 1 atom stereocenters. The first-order valence-corrected chi connectivity index (χ1v) is 8.92. The van der Waals surface area contributed by atoms with Crippen LogP contribution in [0.2, 0.25) is 5.02 Å². The minimum atomic E-state index is -3.58. The highest BCUT2D eigenvalue weighted by molar-refractivity contribution is 7.99. The van der Waals surface area contributed by atoms with Crippen molar-refractivity contribution in [2.24, 2.45) is 0 Å². The van der Waals surface area contributed by atoms with Gasteiger partial charge in [-0.05, 0) is 36.8 Å². The van der Waals surface area contributed by atoms with Crippen molar-refractivity contribution in [2.45, 2.75) is 24.3 Å². The summed E-state index contributed by atoms with van der Waals surface area (Å²) in [4.78, 5) is 0.0941. The van der Waals surface area contributed by atoms with Crippen molar-refractivity contribution in [1.29, 1.82) is 0 Å². The minimum Gasteiger partial charge on any atom is -0.398 e. The Labute approximate surface area is 123 Å². The van der Waals surface area contributed by atoms with Crippen LogP contribution in [0, 0.1) is 6.92 Å². The molecule has 1 aliphatic rings. The van der Waals surface area contributed by atoms with E-state index in [0.717, 1.165) is 23.5 Å². The number of thioether (sulfide) groups is 1. The van der Waals surface area contributed by atoms with Gasteiger partial charge < -0.3 is 5.73 Å². The number of aryl methyl sites for hydroxylation is 1. The Morgan fingerprint density at radius 1 is 1.47 bits per heavy atom. The first kappa shape index (κ1) is 15.0. The third-order valence-corrected chi connectivity index (χ3v) is 6.92. The van der Waals surface area contributed by atoms with Crippen molar-refractivity contribution in [3.63, 3.8) is 0 Å². The summed E-state index contributed by atoms with van der Waals surface area (Å²) in [5.74, 6) is 1.82. The molecule has 1 unspecified atom stereocenters.